The Hall–Kier alpha value is -1.97. The average molecular weight is 396 g/mol. The molecule has 1 heterocycles. The van der Waals surface area contributed by atoms with Gasteiger partial charge in [0.25, 0.3) is 5.91 Å². The number of carboxylic acids is 1. The number of carboxylic acid groups (broad SMARTS) is 1. The van der Waals surface area contributed by atoms with Crippen LogP contribution >= 0.6 is 0 Å². The van der Waals surface area contributed by atoms with Crippen LogP contribution < -0.4 is 5.32 Å². The normalized spacial score (nSPS) is 29.0. The Morgan fingerprint density at radius 3 is 2.41 bits per heavy atom. The van der Waals surface area contributed by atoms with Crippen molar-refractivity contribution in [1.29, 1.82) is 0 Å². The monoisotopic (exact) mass is 396 g/mol. The second-order valence-corrected chi connectivity index (χ2v) is 9.22. The van der Waals surface area contributed by atoms with Gasteiger partial charge in [-0.1, -0.05) is 6.07 Å². The molecule has 148 valence electrons. The van der Waals surface area contributed by atoms with Crippen molar-refractivity contribution in [2.45, 2.75) is 49.8 Å². The molecule has 0 aromatic heterocycles. The highest BCUT2D eigenvalue weighted by Gasteiger charge is 2.36. The second-order valence-electron chi connectivity index (χ2n) is 7.28. The molecule has 1 saturated heterocycles. The van der Waals surface area contributed by atoms with E-state index in [0.717, 1.165) is 0 Å². The zero-order valence-electron chi connectivity index (χ0n) is 15.3. The molecular formula is C18H24N2O6S. The number of amides is 1. The van der Waals surface area contributed by atoms with Gasteiger partial charge in [-0.2, -0.15) is 4.31 Å². The predicted octanol–water partition coefficient (Wildman–Crippen LogP) is 1.08. The highest BCUT2D eigenvalue weighted by molar-refractivity contribution is 7.89. The van der Waals surface area contributed by atoms with Crippen LogP contribution in [0.15, 0.2) is 29.2 Å². The van der Waals surface area contributed by atoms with E-state index in [4.69, 9.17) is 9.84 Å². The molecule has 0 radical (unpaired) electrons. The number of hydrogen-bond donors (Lipinski definition) is 2. The van der Waals surface area contributed by atoms with Crippen LogP contribution in [-0.2, 0) is 19.6 Å². The summed E-state index contributed by atoms with van der Waals surface area (Å²) < 4.78 is 32.8. The lowest BCUT2D eigenvalue weighted by Gasteiger charge is -2.34. The maximum Gasteiger partial charge on any atom is 0.306 e. The number of rotatable bonds is 5. The number of aliphatic carboxylic acids is 1. The third kappa shape index (κ3) is 4.31. The molecule has 2 N–H and O–H groups in total. The third-order valence-corrected chi connectivity index (χ3v) is 6.77. The molecule has 1 aromatic carbocycles. The minimum Gasteiger partial charge on any atom is -0.481 e. The van der Waals surface area contributed by atoms with Gasteiger partial charge in [-0.25, -0.2) is 8.42 Å². The van der Waals surface area contributed by atoms with Gasteiger partial charge < -0.3 is 15.2 Å². The molecule has 1 amide bonds. The first-order valence-electron chi connectivity index (χ1n) is 8.96. The van der Waals surface area contributed by atoms with Crippen LogP contribution in [0.4, 0.5) is 0 Å². The fraction of sp³-hybridized carbons (Fsp3) is 0.556. The Morgan fingerprint density at radius 1 is 1.19 bits per heavy atom. The number of carbonyl (C=O) groups is 2. The maximum atomic E-state index is 12.9. The van der Waals surface area contributed by atoms with Crippen LogP contribution in [0, 0.1) is 5.92 Å². The number of nitrogens with one attached hydrogen (secondary N) is 1. The summed E-state index contributed by atoms with van der Waals surface area (Å²) in [4.78, 5) is 23.3. The molecule has 27 heavy (non-hydrogen) atoms. The van der Waals surface area contributed by atoms with Crippen molar-refractivity contribution >= 4 is 21.9 Å². The van der Waals surface area contributed by atoms with Crippen LogP contribution in [0.25, 0.3) is 0 Å². The minimum absolute atomic E-state index is 0.0634. The van der Waals surface area contributed by atoms with Crippen LogP contribution in [-0.4, -0.2) is 61.0 Å². The lowest BCUT2D eigenvalue weighted by molar-refractivity contribution is -0.145. The first-order chi connectivity index (χ1) is 12.7. The topological polar surface area (TPSA) is 113 Å². The van der Waals surface area contributed by atoms with E-state index in [-0.39, 0.29) is 41.8 Å². The molecule has 1 saturated carbocycles. The summed E-state index contributed by atoms with van der Waals surface area (Å²) in [6, 6.07) is 5.73. The third-order valence-electron chi connectivity index (χ3n) is 4.94. The van der Waals surface area contributed by atoms with Gasteiger partial charge in [-0.05, 0) is 44.9 Å². The van der Waals surface area contributed by atoms with Crippen LogP contribution in [0.3, 0.4) is 0 Å². The van der Waals surface area contributed by atoms with E-state index in [9.17, 15) is 18.0 Å². The number of ether oxygens (including phenoxy) is 1. The summed E-state index contributed by atoms with van der Waals surface area (Å²) in [5.74, 6) is -1.68. The first kappa shape index (κ1) is 19.8. The summed E-state index contributed by atoms with van der Waals surface area (Å²) >= 11 is 0. The molecule has 2 unspecified atom stereocenters. The van der Waals surface area contributed by atoms with Gasteiger partial charge in [-0.3, -0.25) is 9.59 Å². The summed E-state index contributed by atoms with van der Waals surface area (Å²) in [5.41, 5.74) is 0.240. The molecule has 3 rings (SSSR count). The zero-order chi connectivity index (χ0) is 19.8. The maximum absolute atomic E-state index is 12.9. The number of morpholine rings is 1. The Balaban J connectivity index is 1.71. The molecule has 0 spiro atoms. The van der Waals surface area contributed by atoms with Crippen molar-refractivity contribution in [3.8, 4) is 0 Å². The lowest BCUT2D eigenvalue weighted by Crippen LogP contribution is -2.48. The Morgan fingerprint density at radius 2 is 1.81 bits per heavy atom. The zero-order valence-corrected chi connectivity index (χ0v) is 16.1. The quantitative estimate of drug-likeness (QED) is 0.770. The van der Waals surface area contributed by atoms with Crippen molar-refractivity contribution in [1.82, 2.24) is 9.62 Å². The van der Waals surface area contributed by atoms with E-state index in [1.807, 2.05) is 13.8 Å². The van der Waals surface area contributed by atoms with Gasteiger partial charge in [-0.15, -0.1) is 0 Å². The highest BCUT2D eigenvalue weighted by atomic mass is 32.2. The summed E-state index contributed by atoms with van der Waals surface area (Å²) in [6.07, 6.45) is 0.386. The molecule has 1 aliphatic heterocycles. The van der Waals surface area contributed by atoms with Crippen molar-refractivity contribution < 1.29 is 27.9 Å². The molecule has 1 aromatic rings. The van der Waals surface area contributed by atoms with Crippen molar-refractivity contribution in [3.05, 3.63) is 29.8 Å². The fourth-order valence-electron chi connectivity index (χ4n) is 3.48. The summed E-state index contributed by atoms with van der Waals surface area (Å²) in [7, 11) is -3.73. The Bertz CT molecular complexity index is 824. The molecular weight excluding hydrogens is 372 g/mol. The number of sulfonamides is 1. The Labute approximate surface area is 158 Å². The van der Waals surface area contributed by atoms with Gasteiger partial charge in [0.15, 0.2) is 0 Å². The molecule has 8 nitrogen and oxygen atoms in total. The van der Waals surface area contributed by atoms with E-state index in [2.05, 4.69) is 5.32 Å². The van der Waals surface area contributed by atoms with Crippen LogP contribution in [0.1, 0.15) is 37.0 Å². The summed E-state index contributed by atoms with van der Waals surface area (Å²) in [5, 5.41) is 11.7. The van der Waals surface area contributed by atoms with E-state index in [0.29, 0.717) is 12.8 Å². The van der Waals surface area contributed by atoms with Crippen LogP contribution in [0.5, 0.6) is 0 Å². The second kappa shape index (κ2) is 7.57. The average Bonchev–Trinajstić information content (AvgIpc) is 2.56. The predicted molar refractivity (Wildman–Crippen MR) is 96.8 cm³/mol. The van der Waals surface area contributed by atoms with E-state index in [1.54, 1.807) is 6.07 Å². The van der Waals surface area contributed by atoms with Gasteiger partial charge in [0.1, 0.15) is 0 Å². The van der Waals surface area contributed by atoms with E-state index >= 15 is 0 Å². The van der Waals surface area contributed by atoms with Crippen molar-refractivity contribution in [3.63, 3.8) is 0 Å². The van der Waals surface area contributed by atoms with Gasteiger partial charge in [0.2, 0.25) is 10.0 Å². The number of carbonyl (C=O) groups excluding carboxylic acids is 1. The van der Waals surface area contributed by atoms with Crippen molar-refractivity contribution in [2.24, 2.45) is 5.92 Å². The molecule has 2 atom stereocenters. The highest BCUT2D eigenvalue weighted by Crippen LogP contribution is 2.28. The smallest absolute Gasteiger partial charge is 0.306 e. The van der Waals surface area contributed by atoms with Gasteiger partial charge >= 0.3 is 5.97 Å². The van der Waals surface area contributed by atoms with Gasteiger partial charge in [0.05, 0.1) is 23.0 Å². The Kier molecular flexibility index (Phi) is 5.55. The molecule has 0 bridgehead atoms. The summed E-state index contributed by atoms with van der Waals surface area (Å²) in [6.45, 7) is 4.18. The standard InChI is InChI=1S/C18H24N2O6S/c1-11-9-20(10-12(2)26-11)27(24,25)16-5-3-4-13(8-16)17(21)19-15-6-14(7-15)18(22)23/h3-5,8,11-12,14-15H,6-7,9-10H2,1-2H3,(H,19,21)(H,22,23). The van der Waals surface area contributed by atoms with Gasteiger partial charge in [0, 0.05) is 24.7 Å². The fourth-order valence-corrected chi connectivity index (χ4v) is 5.12. The molecule has 2 aliphatic rings. The number of nitrogens with zero attached hydrogens (tertiary/aromatic N) is 1. The first-order valence-corrected chi connectivity index (χ1v) is 10.4. The van der Waals surface area contributed by atoms with E-state index < -0.39 is 27.8 Å². The van der Waals surface area contributed by atoms with Crippen molar-refractivity contribution in [2.75, 3.05) is 13.1 Å². The largest absolute Gasteiger partial charge is 0.481 e. The SMILES string of the molecule is CC1CN(S(=O)(=O)c2cccc(C(=O)NC3CC(C(=O)O)C3)c2)CC(C)O1. The van der Waals surface area contributed by atoms with Crippen LogP contribution in [0.2, 0.25) is 0 Å². The lowest BCUT2D eigenvalue weighted by atomic mass is 9.80. The molecule has 1 aliphatic carbocycles. The molecule has 2 fully saturated rings. The number of hydrogen-bond acceptors (Lipinski definition) is 5. The molecule has 9 heteroatoms. The van der Waals surface area contributed by atoms with E-state index in [1.165, 1.54) is 22.5 Å². The number of benzene rings is 1. The minimum atomic E-state index is -3.73.